The molecule has 0 aliphatic rings. The van der Waals surface area contributed by atoms with Crippen molar-refractivity contribution in [3.05, 3.63) is 47.8 Å². The van der Waals surface area contributed by atoms with Crippen LogP contribution in [0.5, 0.6) is 5.75 Å². The number of nitrogens with one attached hydrogen (secondary N) is 1. The Bertz CT molecular complexity index is 536. The van der Waals surface area contributed by atoms with Gasteiger partial charge in [0.05, 0.1) is 18.8 Å². The van der Waals surface area contributed by atoms with Gasteiger partial charge in [0.25, 0.3) is 0 Å². The number of aryl methyl sites for hydroxylation is 1. The molecule has 0 bridgehead atoms. The van der Waals surface area contributed by atoms with Crippen molar-refractivity contribution in [1.82, 2.24) is 15.1 Å². The number of ether oxygens (including phenoxy) is 1. The van der Waals surface area contributed by atoms with Crippen LogP contribution in [0.3, 0.4) is 0 Å². The molecule has 0 spiro atoms. The standard InChI is InChI=1S/C16H23N3O/c1-4-11-17-16(14-10-12-18-19(14)5-2)13-8-6-7-9-15(13)20-3/h6-10,12,16-17H,4-5,11H2,1-3H3. The van der Waals surface area contributed by atoms with Gasteiger partial charge in [0.1, 0.15) is 5.75 Å². The topological polar surface area (TPSA) is 39.1 Å². The van der Waals surface area contributed by atoms with E-state index in [-0.39, 0.29) is 6.04 Å². The van der Waals surface area contributed by atoms with Crippen molar-refractivity contribution < 1.29 is 4.74 Å². The van der Waals surface area contributed by atoms with Crippen molar-refractivity contribution in [2.45, 2.75) is 32.9 Å². The zero-order valence-corrected chi connectivity index (χ0v) is 12.5. The summed E-state index contributed by atoms with van der Waals surface area (Å²) in [7, 11) is 1.72. The maximum Gasteiger partial charge on any atom is 0.124 e. The van der Waals surface area contributed by atoms with Gasteiger partial charge in [0.15, 0.2) is 0 Å². The smallest absolute Gasteiger partial charge is 0.124 e. The number of hydrogen-bond donors (Lipinski definition) is 1. The molecule has 0 radical (unpaired) electrons. The molecule has 4 nitrogen and oxygen atoms in total. The SMILES string of the molecule is CCCNC(c1ccccc1OC)c1ccnn1CC. The van der Waals surface area contributed by atoms with Crippen molar-refractivity contribution in [2.24, 2.45) is 0 Å². The predicted molar refractivity (Wildman–Crippen MR) is 81.0 cm³/mol. The van der Waals surface area contributed by atoms with Gasteiger partial charge in [-0.15, -0.1) is 0 Å². The van der Waals surface area contributed by atoms with Gasteiger partial charge in [0.2, 0.25) is 0 Å². The lowest BCUT2D eigenvalue weighted by Crippen LogP contribution is -2.26. The average Bonchev–Trinajstić information content (AvgIpc) is 2.96. The summed E-state index contributed by atoms with van der Waals surface area (Å²) >= 11 is 0. The third-order valence-corrected chi connectivity index (χ3v) is 3.39. The molecule has 2 aromatic rings. The highest BCUT2D eigenvalue weighted by Gasteiger charge is 2.20. The van der Waals surface area contributed by atoms with Gasteiger partial charge in [-0.25, -0.2) is 0 Å². The van der Waals surface area contributed by atoms with E-state index in [1.165, 1.54) is 5.69 Å². The molecule has 1 N–H and O–H groups in total. The van der Waals surface area contributed by atoms with E-state index in [0.717, 1.165) is 30.8 Å². The number of nitrogens with zero attached hydrogens (tertiary/aromatic N) is 2. The Morgan fingerprint density at radius 2 is 2.05 bits per heavy atom. The fourth-order valence-electron chi connectivity index (χ4n) is 2.42. The van der Waals surface area contributed by atoms with Crippen LogP contribution in [0.15, 0.2) is 36.5 Å². The molecule has 2 rings (SSSR count). The molecule has 4 heteroatoms. The fraction of sp³-hybridized carbons (Fsp3) is 0.438. The van der Waals surface area contributed by atoms with E-state index >= 15 is 0 Å². The summed E-state index contributed by atoms with van der Waals surface area (Å²) in [5, 5.41) is 7.98. The predicted octanol–water partition coefficient (Wildman–Crippen LogP) is 3.00. The summed E-state index contributed by atoms with van der Waals surface area (Å²) in [6.07, 6.45) is 2.95. The van der Waals surface area contributed by atoms with Crippen LogP contribution in [0.2, 0.25) is 0 Å². The number of rotatable bonds is 7. The molecule has 1 unspecified atom stereocenters. The number of methoxy groups -OCH3 is 1. The van der Waals surface area contributed by atoms with Crippen molar-refractivity contribution in [2.75, 3.05) is 13.7 Å². The summed E-state index contributed by atoms with van der Waals surface area (Å²) in [4.78, 5) is 0. The molecule has 0 aliphatic carbocycles. The highest BCUT2D eigenvalue weighted by atomic mass is 16.5. The zero-order chi connectivity index (χ0) is 14.4. The second kappa shape index (κ2) is 7.10. The molecule has 0 amide bonds. The molecule has 0 saturated heterocycles. The number of benzene rings is 1. The van der Waals surface area contributed by atoms with E-state index in [9.17, 15) is 0 Å². The normalized spacial score (nSPS) is 12.3. The maximum atomic E-state index is 5.51. The second-order valence-corrected chi connectivity index (χ2v) is 4.70. The van der Waals surface area contributed by atoms with Gasteiger partial charge in [0, 0.05) is 18.3 Å². The third kappa shape index (κ3) is 3.02. The van der Waals surface area contributed by atoms with E-state index in [1.807, 2.05) is 29.1 Å². The molecular formula is C16H23N3O. The first-order valence-electron chi connectivity index (χ1n) is 7.19. The van der Waals surface area contributed by atoms with Gasteiger partial charge in [-0.2, -0.15) is 5.10 Å². The van der Waals surface area contributed by atoms with Crippen LogP contribution in [-0.4, -0.2) is 23.4 Å². The largest absolute Gasteiger partial charge is 0.496 e. The van der Waals surface area contributed by atoms with Crippen molar-refractivity contribution in [3.8, 4) is 5.75 Å². The monoisotopic (exact) mass is 273 g/mol. The Morgan fingerprint density at radius 1 is 1.25 bits per heavy atom. The minimum atomic E-state index is 0.105. The third-order valence-electron chi connectivity index (χ3n) is 3.39. The summed E-state index contributed by atoms with van der Waals surface area (Å²) < 4.78 is 7.54. The van der Waals surface area contributed by atoms with E-state index in [0.29, 0.717) is 0 Å². The quantitative estimate of drug-likeness (QED) is 0.843. The van der Waals surface area contributed by atoms with Crippen LogP contribution in [0.4, 0.5) is 0 Å². The lowest BCUT2D eigenvalue weighted by atomic mass is 10.0. The van der Waals surface area contributed by atoms with Gasteiger partial charge in [-0.1, -0.05) is 25.1 Å². The fourth-order valence-corrected chi connectivity index (χ4v) is 2.42. The molecule has 1 aromatic carbocycles. The lowest BCUT2D eigenvalue weighted by Gasteiger charge is -2.22. The summed E-state index contributed by atoms with van der Waals surface area (Å²) in [5.41, 5.74) is 2.32. The van der Waals surface area contributed by atoms with Crippen LogP contribution in [0, 0.1) is 0 Å². The minimum Gasteiger partial charge on any atom is -0.496 e. The van der Waals surface area contributed by atoms with Crippen molar-refractivity contribution in [3.63, 3.8) is 0 Å². The highest BCUT2D eigenvalue weighted by Crippen LogP contribution is 2.29. The van der Waals surface area contributed by atoms with Crippen molar-refractivity contribution in [1.29, 1.82) is 0 Å². The molecule has 1 heterocycles. The summed E-state index contributed by atoms with van der Waals surface area (Å²) in [6, 6.07) is 10.3. The second-order valence-electron chi connectivity index (χ2n) is 4.70. The van der Waals surface area contributed by atoms with E-state index in [4.69, 9.17) is 4.74 Å². The van der Waals surface area contributed by atoms with Crippen LogP contribution >= 0.6 is 0 Å². The van der Waals surface area contributed by atoms with Crippen LogP contribution < -0.4 is 10.1 Å². The molecular weight excluding hydrogens is 250 g/mol. The zero-order valence-electron chi connectivity index (χ0n) is 12.5. The molecule has 0 aliphatic heterocycles. The van der Waals surface area contributed by atoms with Crippen molar-refractivity contribution >= 4 is 0 Å². The number of hydrogen-bond acceptors (Lipinski definition) is 3. The first kappa shape index (κ1) is 14.6. The Morgan fingerprint density at radius 3 is 2.75 bits per heavy atom. The van der Waals surface area contributed by atoms with Crippen LogP contribution in [-0.2, 0) is 6.54 Å². The Labute approximate surface area is 120 Å². The van der Waals surface area contributed by atoms with Crippen LogP contribution in [0.1, 0.15) is 37.6 Å². The van der Waals surface area contributed by atoms with Gasteiger partial charge < -0.3 is 10.1 Å². The maximum absolute atomic E-state index is 5.51. The average molecular weight is 273 g/mol. The highest BCUT2D eigenvalue weighted by molar-refractivity contribution is 5.40. The van der Waals surface area contributed by atoms with E-state index < -0.39 is 0 Å². The number of aromatic nitrogens is 2. The first-order valence-corrected chi connectivity index (χ1v) is 7.19. The molecule has 0 saturated carbocycles. The molecule has 1 atom stereocenters. The Kier molecular flexibility index (Phi) is 5.18. The van der Waals surface area contributed by atoms with Gasteiger partial charge in [-0.3, -0.25) is 4.68 Å². The molecule has 108 valence electrons. The first-order chi connectivity index (χ1) is 9.81. The molecule has 1 aromatic heterocycles. The van der Waals surface area contributed by atoms with Gasteiger partial charge >= 0.3 is 0 Å². The molecule has 20 heavy (non-hydrogen) atoms. The summed E-state index contributed by atoms with van der Waals surface area (Å²) in [6.45, 7) is 6.10. The Balaban J connectivity index is 2.41. The van der Waals surface area contributed by atoms with Gasteiger partial charge in [-0.05, 0) is 32.0 Å². The summed E-state index contributed by atoms with van der Waals surface area (Å²) in [5.74, 6) is 0.907. The number of para-hydroxylation sites is 1. The van der Waals surface area contributed by atoms with E-state index in [2.05, 4.69) is 36.4 Å². The van der Waals surface area contributed by atoms with Crippen LogP contribution in [0.25, 0.3) is 0 Å². The van der Waals surface area contributed by atoms with E-state index in [1.54, 1.807) is 7.11 Å². The molecule has 0 fully saturated rings. The Hall–Kier alpha value is -1.81. The lowest BCUT2D eigenvalue weighted by molar-refractivity contribution is 0.401. The minimum absolute atomic E-state index is 0.105.